The van der Waals surface area contributed by atoms with Crippen molar-refractivity contribution in [3.05, 3.63) is 23.8 Å². The summed E-state index contributed by atoms with van der Waals surface area (Å²) in [6, 6.07) is 0. The van der Waals surface area contributed by atoms with Gasteiger partial charge in [-0.05, 0) is 82.6 Å². The average molecular weight is 517 g/mol. The summed E-state index contributed by atoms with van der Waals surface area (Å²) >= 11 is 0. The Morgan fingerprint density at radius 3 is 2.19 bits per heavy atom. The molecule has 0 aromatic carbocycles. The number of carbonyl (C=O) groups is 3. The molecule has 0 bridgehead atoms. The van der Waals surface area contributed by atoms with Crippen molar-refractivity contribution in [1.29, 1.82) is 0 Å². The summed E-state index contributed by atoms with van der Waals surface area (Å²) in [5.74, 6) is -2.24. The highest BCUT2D eigenvalue weighted by molar-refractivity contribution is 5.98. The Kier molecular flexibility index (Phi) is 6.26. The third-order valence-corrected chi connectivity index (χ3v) is 11.1. The zero-order chi connectivity index (χ0) is 28.1. The first kappa shape index (κ1) is 28.3. The predicted octanol–water partition coefficient (Wildman–Crippen LogP) is 2.93. The molecule has 0 heterocycles. The number of aliphatic hydroxyl groups excluding tert-OH is 2. The molecule has 0 aliphatic heterocycles. The second kappa shape index (κ2) is 8.17. The van der Waals surface area contributed by atoms with Gasteiger partial charge in [0, 0.05) is 23.2 Å². The Morgan fingerprint density at radius 1 is 1.03 bits per heavy atom. The number of rotatable bonds is 4. The van der Waals surface area contributed by atoms with E-state index in [1.807, 2.05) is 27.7 Å². The number of hydrogen-bond acceptors (Lipinski definition) is 7. The molecule has 1 unspecified atom stereocenters. The number of carbonyl (C=O) groups excluding carboxylic acids is 3. The van der Waals surface area contributed by atoms with Crippen LogP contribution in [0, 0.1) is 39.4 Å². The summed E-state index contributed by atoms with van der Waals surface area (Å²) in [5, 5.41) is 43.7. The lowest BCUT2D eigenvalue weighted by Gasteiger charge is -2.64. The molecule has 4 N–H and O–H groups in total. The predicted molar refractivity (Wildman–Crippen MR) is 138 cm³/mol. The van der Waals surface area contributed by atoms with Crippen molar-refractivity contribution in [3.63, 3.8) is 0 Å². The van der Waals surface area contributed by atoms with E-state index in [0.717, 1.165) is 5.57 Å². The first-order chi connectivity index (χ1) is 16.7. The van der Waals surface area contributed by atoms with Gasteiger partial charge in [-0.1, -0.05) is 38.5 Å². The van der Waals surface area contributed by atoms with Gasteiger partial charge < -0.3 is 20.4 Å². The van der Waals surface area contributed by atoms with E-state index < -0.39 is 56.8 Å². The Bertz CT molecular complexity index is 1090. The van der Waals surface area contributed by atoms with Crippen LogP contribution in [0.5, 0.6) is 0 Å². The monoisotopic (exact) mass is 516 g/mol. The molecule has 0 radical (unpaired) electrons. The molecule has 0 amide bonds. The SMILES string of the molecule is CC(C)(O)/C=C/C(=O)[C@](C)(O)C1[C@H](O)C[C@@]2(C)[C@@H]3CC=C4[C@@H](C[C@H](O)C(=O)C4(C)C)[C@]3(C)C(=O)C[C@]12C. The van der Waals surface area contributed by atoms with Crippen LogP contribution in [0.1, 0.15) is 81.1 Å². The topological polar surface area (TPSA) is 132 Å². The third-order valence-electron chi connectivity index (χ3n) is 11.1. The highest BCUT2D eigenvalue weighted by atomic mass is 16.3. The average Bonchev–Trinajstić information content (AvgIpc) is 2.96. The molecule has 4 rings (SSSR count). The summed E-state index contributed by atoms with van der Waals surface area (Å²) in [6.07, 6.45) is 3.54. The molecule has 0 aromatic rings. The zero-order valence-corrected chi connectivity index (χ0v) is 23.5. The lowest BCUT2D eigenvalue weighted by molar-refractivity contribution is -0.183. The summed E-state index contributed by atoms with van der Waals surface area (Å²) in [5.41, 5.74) is -5.46. The molecule has 3 fully saturated rings. The maximum absolute atomic E-state index is 14.2. The summed E-state index contributed by atoms with van der Waals surface area (Å²) in [7, 11) is 0. The maximum Gasteiger partial charge on any atom is 0.187 e. The molecule has 9 atom stereocenters. The van der Waals surface area contributed by atoms with Crippen LogP contribution in [-0.2, 0) is 14.4 Å². The summed E-state index contributed by atoms with van der Waals surface area (Å²) < 4.78 is 0. The van der Waals surface area contributed by atoms with Crippen molar-refractivity contribution >= 4 is 17.3 Å². The molecule has 0 spiro atoms. The first-order valence-corrected chi connectivity index (χ1v) is 13.5. The number of ketones is 3. The van der Waals surface area contributed by atoms with E-state index in [4.69, 9.17) is 0 Å². The van der Waals surface area contributed by atoms with E-state index in [2.05, 4.69) is 13.0 Å². The van der Waals surface area contributed by atoms with E-state index in [-0.39, 0.29) is 36.2 Å². The van der Waals surface area contributed by atoms with E-state index >= 15 is 0 Å². The molecule has 3 saturated carbocycles. The summed E-state index contributed by atoms with van der Waals surface area (Å²) in [6.45, 7) is 14.0. The second-order valence-corrected chi connectivity index (χ2v) is 14.2. The van der Waals surface area contributed by atoms with Crippen LogP contribution in [0.4, 0.5) is 0 Å². The number of aliphatic hydroxyl groups is 4. The van der Waals surface area contributed by atoms with Gasteiger partial charge in [-0.2, -0.15) is 0 Å². The molecule has 7 nitrogen and oxygen atoms in total. The standard InChI is InChI=1S/C30H44O7/c1-25(2,36)12-11-21(33)30(8,37)23-19(32)14-27(5)20-10-9-16-17(13-18(31)24(35)26(16,3)4)29(20,7)22(34)15-28(23,27)6/h9,11-12,17-20,23,31-32,36-37H,10,13-15H2,1-8H3/b12-11+/t17-,18+,19-,20+,23?,27+,28-,29+,30+/m1/s1. The molecule has 4 aliphatic rings. The second-order valence-electron chi connectivity index (χ2n) is 14.2. The van der Waals surface area contributed by atoms with Crippen LogP contribution in [-0.4, -0.2) is 61.2 Å². The van der Waals surface area contributed by atoms with E-state index in [0.29, 0.717) is 12.8 Å². The minimum Gasteiger partial charge on any atom is -0.393 e. The molecule has 0 aromatic heterocycles. The Labute approximate surface area is 220 Å². The molecule has 0 saturated heterocycles. The fraction of sp³-hybridized carbons (Fsp3) is 0.767. The van der Waals surface area contributed by atoms with Gasteiger partial charge in [0.2, 0.25) is 0 Å². The number of fused-ring (bicyclic) bond motifs is 5. The quantitative estimate of drug-likeness (QED) is 0.334. The van der Waals surface area contributed by atoms with Crippen molar-refractivity contribution in [2.75, 3.05) is 0 Å². The number of allylic oxidation sites excluding steroid dienone is 2. The van der Waals surface area contributed by atoms with Gasteiger partial charge in [0.25, 0.3) is 0 Å². The molecule has 4 aliphatic carbocycles. The van der Waals surface area contributed by atoms with Crippen LogP contribution >= 0.6 is 0 Å². The Balaban J connectivity index is 1.80. The number of hydrogen-bond donors (Lipinski definition) is 4. The van der Waals surface area contributed by atoms with Crippen LogP contribution in [0.3, 0.4) is 0 Å². The van der Waals surface area contributed by atoms with Gasteiger partial charge in [-0.15, -0.1) is 0 Å². The van der Waals surface area contributed by atoms with Crippen molar-refractivity contribution in [3.8, 4) is 0 Å². The van der Waals surface area contributed by atoms with Gasteiger partial charge >= 0.3 is 0 Å². The molecular weight excluding hydrogens is 472 g/mol. The Morgan fingerprint density at radius 2 is 1.62 bits per heavy atom. The highest BCUT2D eigenvalue weighted by Gasteiger charge is 2.74. The lowest BCUT2D eigenvalue weighted by Crippen LogP contribution is -2.65. The zero-order valence-electron chi connectivity index (χ0n) is 23.5. The van der Waals surface area contributed by atoms with Gasteiger partial charge in [0.05, 0.1) is 11.7 Å². The van der Waals surface area contributed by atoms with Gasteiger partial charge in [-0.25, -0.2) is 0 Å². The van der Waals surface area contributed by atoms with Crippen LogP contribution in [0.15, 0.2) is 23.8 Å². The minimum absolute atomic E-state index is 0.0141. The van der Waals surface area contributed by atoms with E-state index in [1.165, 1.54) is 32.9 Å². The van der Waals surface area contributed by atoms with Gasteiger partial charge in [0.15, 0.2) is 11.6 Å². The highest BCUT2D eigenvalue weighted by Crippen LogP contribution is 2.74. The van der Waals surface area contributed by atoms with Gasteiger partial charge in [-0.3, -0.25) is 14.4 Å². The fourth-order valence-corrected chi connectivity index (χ4v) is 9.00. The first-order valence-electron chi connectivity index (χ1n) is 13.5. The van der Waals surface area contributed by atoms with E-state index in [9.17, 15) is 34.8 Å². The molecule has 206 valence electrons. The van der Waals surface area contributed by atoms with Crippen molar-refractivity contribution in [2.24, 2.45) is 39.4 Å². The smallest absolute Gasteiger partial charge is 0.187 e. The molecular formula is C30H44O7. The van der Waals surface area contributed by atoms with Crippen LogP contribution < -0.4 is 0 Å². The summed E-state index contributed by atoms with van der Waals surface area (Å²) in [4.78, 5) is 40.2. The van der Waals surface area contributed by atoms with Crippen molar-refractivity contribution in [1.82, 2.24) is 0 Å². The molecule has 7 heteroatoms. The maximum atomic E-state index is 14.2. The van der Waals surface area contributed by atoms with Crippen LogP contribution in [0.2, 0.25) is 0 Å². The number of Topliss-reactive ketones (excluding diaryl/α,β-unsaturated/α-hetero) is 2. The largest absolute Gasteiger partial charge is 0.393 e. The van der Waals surface area contributed by atoms with Crippen molar-refractivity contribution in [2.45, 2.75) is 104 Å². The fourth-order valence-electron chi connectivity index (χ4n) is 9.00. The third kappa shape index (κ3) is 3.71. The van der Waals surface area contributed by atoms with Crippen molar-refractivity contribution < 1.29 is 34.8 Å². The molecule has 37 heavy (non-hydrogen) atoms. The van der Waals surface area contributed by atoms with E-state index in [1.54, 1.807) is 0 Å². The lowest BCUT2D eigenvalue weighted by atomic mass is 9.38. The van der Waals surface area contributed by atoms with Gasteiger partial charge in [0.1, 0.15) is 17.5 Å². The normalized spacial score (nSPS) is 45.1. The van der Waals surface area contributed by atoms with Crippen LogP contribution in [0.25, 0.3) is 0 Å². The Hall–Kier alpha value is -1.67. The minimum atomic E-state index is -1.95.